The molecule has 0 aliphatic heterocycles. The molecule has 24 heavy (non-hydrogen) atoms. The lowest BCUT2D eigenvalue weighted by Crippen LogP contribution is -2.47. The van der Waals surface area contributed by atoms with Crippen molar-refractivity contribution in [3.63, 3.8) is 0 Å². The molecule has 4 heteroatoms. The minimum Gasteiger partial charge on any atom is -0.372 e. The number of carbonyl (C=O) groups is 1. The third-order valence-electron chi connectivity index (χ3n) is 3.81. The second kappa shape index (κ2) is 6.98. The van der Waals surface area contributed by atoms with Gasteiger partial charge in [0.05, 0.1) is 5.69 Å². The predicted molar refractivity (Wildman–Crippen MR) is 94.1 cm³/mol. The Morgan fingerprint density at radius 2 is 1.12 bits per heavy atom. The molecule has 1 amide bonds. The Hall–Kier alpha value is -3.11. The van der Waals surface area contributed by atoms with Crippen molar-refractivity contribution >= 4 is 11.6 Å². The van der Waals surface area contributed by atoms with Crippen LogP contribution in [0.25, 0.3) is 0 Å². The number of rotatable bonds is 5. The van der Waals surface area contributed by atoms with Gasteiger partial charge < -0.3 is 5.11 Å². The number of hydrogen-bond donors (Lipinski definition) is 3. The monoisotopic (exact) mass is 318 g/mol. The number of nitrogens with one attached hydrogen (secondary N) is 2. The first-order valence-electron chi connectivity index (χ1n) is 7.66. The van der Waals surface area contributed by atoms with E-state index in [1.165, 1.54) is 0 Å². The van der Waals surface area contributed by atoms with E-state index in [0.29, 0.717) is 11.1 Å². The molecule has 120 valence electrons. The van der Waals surface area contributed by atoms with Gasteiger partial charge in [-0.1, -0.05) is 78.9 Å². The third kappa shape index (κ3) is 3.14. The van der Waals surface area contributed by atoms with Gasteiger partial charge in [0.2, 0.25) is 0 Å². The fourth-order valence-corrected chi connectivity index (χ4v) is 2.53. The Morgan fingerprint density at radius 3 is 1.58 bits per heavy atom. The summed E-state index contributed by atoms with van der Waals surface area (Å²) in [4.78, 5) is 12.8. The number of hydrogen-bond acceptors (Lipinski definition) is 3. The smallest absolute Gasteiger partial charge is 0.279 e. The van der Waals surface area contributed by atoms with Crippen LogP contribution < -0.4 is 10.9 Å². The molecule has 3 aromatic rings. The molecule has 0 radical (unpaired) electrons. The Morgan fingerprint density at radius 1 is 0.708 bits per heavy atom. The van der Waals surface area contributed by atoms with Crippen LogP contribution in [-0.4, -0.2) is 11.0 Å². The summed E-state index contributed by atoms with van der Waals surface area (Å²) in [5.74, 6) is -0.552. The molecule has 0 saturated heterocycles. The molecular weight excluding hydrogens is 300 g/mol. The van der Waals surface area contributed by atoms with Gasteiger partial charge in [-0.05, 0) is 23.3 Å². The van der Waals surface area contributed by atoms with Crippen LogP contribution in [-0.2, 0) is 10.4 Å². The molecular formula is C20H18N2O2. The maximum absolute atomic E-state index is 12.8. The zero-order valence-corrected chi connectivity index (χ0v) is 13.0. The van der Waals surface area contributed by atoms with Crippen LogP contribution >= 0.6 is 0 Å². The van der Waals surface area contributed by atoms with E-state index in [4.69, 9.17) is 0 Å². The molecule has 4 nitrogen and oxygen atoms in total. The number of aliphatic hydroxyl groups is 1. The molecule has 0 spiro atoms. The lowest BCUT2D eigenvalue weighted by atomic mass is 9.85. The fraction of sp³-hybridized carbons (Fsp3) is 0.0500. The van der Waals surface area contributed by atoms with E-state index in [1.54, 1.807) is 48.5 Å². The lowest BCUT2D eigenvalue weighted by molar-refractivity contribution is -0.136. The summed E-state index contributed by atoms with van der Waals surface area (Å²) in [6, 6.07) is 27.0. The molecule has 0 heterocycles. The van der Waals surface area contributed by atoms with E-state index in [2.05, 4.69) is 10.9 Å². The normalized spacial score (nSPS) is 10.9. The summed E-state index contributed by atoms with van der Waals surface area (Å²) in [6.07, 6.45) is 0. The maximum atomic E-state index is 12.8. The Balaban J connectivity index is 1.92. The van der Waals surface area contributed by atoms with E-state index < -0.39 is 11.5 Å². The Labute approximate surface area is 140 Å². The molecule has 3 rings (SSSR count). The standard InChI is InChI=1S/C20H18N2O2/c23-19(22-21-18-14-8-3-9-15-18)20(24,16-10-4-1-5-11-16)17-12-6-2-7-13-17/h1-15,21,24H,(H,22,23). The highest BCUT2D eigenvalue weighted by atomic mass is 16.3. The van der Waals surface area contributed by atoms with Gasteiger partial charge >= 0.3 is 0 Å². The summed E-state index contributed by atoms with van der Waals surface area (Å²) in [5, 5.41) is 11.2. The summed E-state index contributed by atoms with van der Waals surface area (Å²) >= 11 is 0. The summed E-state index contributed by atoms with van der Waals surface area (Å²) in [6.45, 7) is 0. The van der Waals surface area contributed by atoms with Crippen LogP contribution in [0.2, 0.25) is 0 Å². The molecule has 0 aromatic heterocycles. The number of amides is 1. The van der Waals surface area contributed by atoms with Gasteiger partial charge in [-0.25, -0.2) is 0 Å². The van der Waals surface area contributed by atoms with Crippen molar-refractivity contribution in [3.8, 4) is 0 Å². The van der Waals surface area contributed by atoms with Crippen molar-refractivity contribution < 1.29 is 9.90 Å². The molecule has 0 aliphatic rings. The SMILES string of the molecule is O=C(NNc1ccccc1)C(O)(c1ccccc1)c1ccccc1. The van der Waals surface area contributed by atoms with Crippen LogP contribution in [0.4, 0.5) is 5.69 Å². The van der Waals surface area contributed by atoms with Crippen LogP contribution in [0.3, 0.4) is 0 Å². The minimum atomic E-state index is -1.79. The highest BCUT2D eigenvalue weighted by molar-refractivity contribution is 5.90. The van der Waals surface area contributed by atoms with E-state index in [9.17, 15) is 9.90 Å². The molecule has 0 saturated carbocycles. The zero-order chi connectivity index (χ0) is 16.8. The van der Waals surface area contributed by atoms with Crippen LogP contribution in [0.15, 0.2) is 91.0 Å². The molecule has 3 aromatic carbocycles. The lowest BCUT2D eigenvalue weighted by Gasteiger charge is -2.28. The van der Waals surface area contributed by atoms with Crippen LogP contribution in [0, 0.1) is 0 Å². The fourth-order valence-electron chi connectivity index (χ4n) is 2.53. The minimum absolute atomic E-state index is 0.503. The van der Waals surface area contributed by atoms with Crippen molar-refractivity contribution in [3.05, 3.63) is 102 Å². The quantitative estimate of drug-likeness (QED) is 0.634. The molecule has 0 unspecified atom stereocenters. The average molecular weight is 318 g/mol. The van der Waals surface area contributed by atoms with E-state index >= 15 is 0 Å². The van der Waals surface area contributed by atoms with Gasteiger partial charge in [0, 0.05) is 0 Å². The van der Waals surface area contributed by atoms with E-state index in [1.807, 2.05) is 42.5 Å². The topological polar surface area (TPSA) is 61.4 Å². The highest BCUT2D eigenvalue weighted by Crippen LogP contribution is 2.29. The van der Waals surface area contributed by atoms with E-state index in [-0.39, 0.29) is 0 Å². The van der Waals surface area contributed by atoms with Crippen LogP contribution in [0.1, 0.15) is 11.1 Å². The van der Waals surface area contributed by atoms with E-state index in [0.717, 1.165) is 5.69 Å². The van der Waals surface area contributed by atoms with Crippen molar-refractivity contribution in [1.82, 2.24) is 5.43 Å². The first kappa shape index (κ1) is 15.8. The third-order valence-corrected chi connectivity index (χ3v) is 3.81. The number of hydrazine groups is 1. The second-order valence-corrected chi connectivity index (χ2v) is 5.39. The van der Waals surface area contributed by atoms with Gasteiger partial charge in [0.15, 0.2) is 5.60 Å². The number of benzene rings is 3. The Bertz CT molecular complexity index is 750. The predicted octanol–water partition coefficient (Wildman–Crippen LogP) is 3.07. The number of carbonyl (C=O) groups excluding carboxylic acids is 1. The number of para-hydroxylation sites is 1. The van der Waals surface area contributed by atoms with Gasteiger partial charge in [-0.15, -0.1) is 0 Å². The number of anilines is 1. The average Bonchev–Trinajstić information content (AvgIpc) is 2.67. The molecule has 3 N–H and O–H groups in total. The van der Waals surface area contributed by atoms with Gasteiger partial charge in [-0.2, -0.15) is 0 Å². The molecule has 0 atom stereocenters. The van der Waals surface area contributed by atoms with Gasteiger partial charge in [-0.3, -0.25) is 15.6 Å². The molecule has 0 bridgehead atoms. The molecule has 0 aliphatic carbocycles. The first-order valence-corrected chi connectivity index (χ1v) is 7.66. The Kier molecular flexibility index (Phi) is 4.59. The first-order chi connectivity index (χ1) is 11.7. The van der Waals surface area contributed by atoms with Gasteiger partial charge in [0.1, 0.15) is 0 Å². The summed E-state index contributed by atoms with van der Waals surface area (Å²) in [5.41, 5.74) is 5.38. The van der Waals surface area contributed by atoms with Crippen LogP contribution in [0.5, 0.6) is 0 Å². The maximum Gasteiger partial charge on any atom is 0.279 e. The van der Waals surface area contributed by atoms with Crippen molar-refractivity contribution in [2.75, 3.05) is 5.43 Å². The van der Waals surface area contributed by atoms with Gasteiger partial charge in [0.25, 0.3) is 5.91 Å². The highest BCUT2D eigenvalue weighted by Gasteiger charge is 2.39. The largest absolute Gasteiger partial charge is 0.372 e. The van der Waals surface area contributed by atoms with Crippen molar-refractivity contribution in [2.45, 2.75) is 5.60 Å². The second-order valence-electron chi connectivity index (χ2n) is 5.39. The molecule has 0 fully saturated rings. The van der Waals surface area contributed by atoms with Crippen molar-refractivity contribution in [2.24, 2.45) is 0 Å². The zero-order valence-electron chi connectivity index (χ0n) is 13.0. The van der Waals surface area contributed by atoms with Crippen molar-refractivity contribution in [1.29, 1.82) is 0 Å². The summed E-state index contributed by atoms with van der Waals surface area (Å²) in [7, 11) is 0. The summed E-state index contributed by atoms with van der Waals surface area (Å²) < 4.78 is 0.